The van der Waals surface area contributed by atoms with Crippen molar-refractivity contribution in [1.82, 2.24) is 14.9 Å². The summed E-state index contributed by atoms with van der Waals surface area (Å²) < 4.78 is 2.25. The van der Waals surface area contributed by atoms with E-state index in [9.17, 15) is 4.79 Å². The van der Waals surface area contributed by atoms with Crippen LogP contribution in [0.2, 0.25) is 0 Å². The van der Waals surface area contributed by atoms with E-state index in [-0.39, 0.29) is 11.9 Å². The molecular weight excluding hydrogens is 366 g/mol. The zero-order chi connectivity index (χ0) is 19.5. The molecule has 1 atom stereocenters. The number of hydrogen-bond acceptors (Lipinski definition) is 3. The number of carbonyl (C=O) groups is 1. The fraction of sp³-hybridized carbons (Fsp3) is 0.217. The molecule has 4 nitrogen and oxygen atoms in total. The number of rotatable bonds is 6. The van der Waals surface area contributed by atoms with Gasteiger partial charge in [-0.3, -0.25) is 4.79 Å². The van der Waals surface area contributed by atoms with Gasteiger partial charge in [0.2, 0.25) is 0 Å². The van der Waals surface area contributed by atoms with Crippen molar-refractivity contribution in [1.29, 1.82) is 0 Å². The maximum Gasteiger partial charge on any atom is 0.261 e. The molecule has 4 rings (SSSR count). The summed E-state index contributed by atoms with van der Waals surface area (Å²) in [4.78, 5) is 19.3. The maximum atomic E-state index is 12.7. The Bertz CT molecular complexity index is 1100. The Kier molecular flexibility index (Phi) is 5.26. The Morgan fingerprint density at radius 3 is 2.61 bits per heavy atom. The summed E-state index contributed by atoms with van der Waals surface area (Å²) in [6, 6.07) is 22.0. The molecule has 0 saturated carbocycles. The van der Waals surface area contributed by atoms with Crippen LogP contribution in [-0.4, -0.2) is 15.5 Å². The Morgan fingerprint density at radius 2 is 1.82 bits per heavy atom. The lowest BCUT2D eigenvalue weighted by Crippen LogP contribution is -2.25. The molecule has 1 amide bonds. The van der Waals surface area contributed by atoms with Gasteiger partial charge in [0.15, 0.2) is 5.82 Å². The molecule has 28 heavy (non-hydrogen) atoms. The lowest BCUT2D eigenvalue weighted by Gasteiger charge is -2.13. The van der Waals surface area contributed by atoms with Crippen LogP contribution in [0.1, 0.15) is 41.5 Å². The number of imidazole rings is 1. The van der Waals surface area contributed by atoms with Crippen LogP contribution in [0, 0.1) is 0 Å². The second-order valence-corrected chi connectivity index (χ2v) is 7.93. The van der Waals surface area contributed by atoms with Crippen LogP contribution in [0.25, 0.3) is 21.7 Å². The third-order valence-corrected chi connectivity index (χ3v) is 5.88. The highest BCUT2D eigenvalue weighted by Crippen LogP contribution is 2.31. The van der Waals surface area contributed by atoms with Crippen LogP contribution >= 0.6 is 11.3 Å². The number of aryl methyl sites for hydroxylation is 1. The first kappa shape index (κ1) is 18.4. The summed E-state index contributed by atoms with van der Waals surface area (Å²) >= 11 is 1.49. The minimum Gasteiger partial charge on any atom is -0.345 e. The largest absolute Gasteiger partial charge is 0.345 e. The molecule has 5 heteroatoms. The number of benzene rings is 2. The first-order chi connectivity index (χ1) is 13.7. The van der Waals surface area contributed by atoms with Crippen LogP contribution in [-0.2, 0) is 6.54 Å². The fourth-order valence-electron chi connectivity index (χ4n) is 3.39. The molecule has 1 unspecified atom stereocenters. The number of nitrogens with one attached hydrogen (secondary N) is 1. The zero-order valence-corrected chi connectivity index (χ0v) is 16.9. The third-order valence-electron chi connectivity index (χ3n) is 4.80. The summed E-state index contributed by atoms with van der Waals surface area (Å²) in [5, 5.41) is 3.09. The van der Waals surface area contributed by atoms with E-state index in [4.69, 9.17) is 4.98 Å². The van der Waals surface area contributed by atoms with Crippen LogP contribution in [0.5, 0.6) is 0 Å². The van der Waals surface area contributed by atoms with Crippen molar-refractivity contribution in [2.75, 3.05) is 0 Å². The highest BCUT2D eigenvalue weighted by Gasteiger charge is 2.17. The number of amides is 1. The summed E-state index contributed by atoms with van der Waals surface area (Å²) in [6.07, 6.45) is 1.03. The molecule has 0 spiro atoms. The average Bonchev–Trinajstić information content (AvgIpc) is 3.34. The molecule has 2 aromatic carbocycles. The van der Waals surface area contributed by atoms with Crippen LogP contribution in [0.4, 0.5) is 0 Å². The normalized spacial score (nSPS) is 12.2. The van der Waals surface area contributed by atoms with Gasteiger partial charge in [0, 0.05) is 6.54 Å². The topological polar surface area (TPSA) is 46.9 Å². The van der Waals surface area contributed by atoms with Crippen molar-refractivity contribution < 1.29 is 4.79 Å². The van der Waals surface area contributed by atoms with Gasteiger partial charge in [-0.1, -0.05) is 49.4 Å². The molecular formula is C23H23N3OS. The fourth-order valence-corrected chi connectivity index (χ4v) is 4.29. The summed E-state index contributed by atoms with van der Waals surface area (Å²) in [5.74, 6) is 0.883. The Hall–Kier alpha value is -2.92. The molecule has 0 aliphatic rings. The maximum absolute atomic E-state index is 12.7. The number of nitrogens with zero attached hydrogens (tertiary/aromatic N) is 2. The summed E-state index contributed by atoms with van der Waals surface area (Å²) in [7, 11) is 0. The molecule has 0 bridgehead atoms. The van der Waals surface area contributed by atoms with Crippen molar-refractivity contribution in [2.24, 2.45) is 0 Å². The number of aromatic nitrogens is 2. The molecule has 1 N–H and O–H groups in total. The smallest absolute Gasteiger partial charge is 0.261 e. The van der Waals surface area contributed by atoms with E-state index >= 15 is 0 Å². The van der Waals surface area contributed by atoms with E-state index in [1.54, 1.807) is 0 Å². The Labute approximate surface area is 168 Å². The number of fused-ring (bicyclic) bond motifs is 1. The number of thiophene rings is 1. The molecule has 142 valence electrons. The van der Waals surface area contributed by atoms with Crippen molar-refractivity contribution in [2.45, 2.75) is 32.9 Å². The standard InChI is InChI=1S/C23H23N3OS/c1-3-15-26-19-12-8-7-11-18(19)25-22(26)20-13-14-21(28-20)23(27)24-16(2)17-9-5-4-6-10-17/h4-14,16H,3,15H2,1-2H3,(H,24,27). The third kappa shape index (κ3) is 3.58. The molecule has 0 aliphatic carbocycles. The number of carbonyl (C=O) groups excluding carboxylic acids is 1. The van der Waals surface area contributed by atoms with Crippen LogP contribution in [0.3, 0.4) is 0 Å². The second kappa shape index (κ2) is 7.98. The predicted octanol–water partition coefficient (Wildman–Crippen LogP) is 5.67. The molecule has 2 aromatic heterocycles. The zero-order valence-electron chi connectivity index (χ0n) is 16.1. The van der Waals surface area contributed by atoms with Gasteiger partial charge in [-0.2, -0.15) is 0 Å². The van der Waals surface area contributed by atoms with Gasteiger partial charge < -0.3 is 9.88 Å². The van der Waals surface area contributed by atoms with Crippen LogP contribution in [0.15, 0.2) is 66.7 Å². The first-order valence-electron chi connectivity index (χ1n) is 9.58. The van der Waals surface area contributed by atoms with Crippen molar-refractivity contribution in [3.8, 4) is 10.7 Å². The van der Waals surface area contributed by atoms with Crippen LogP contribution < -0.4 is 5.32 Å². The van der Waals surface area contributed by atoms with E-state index < -0.39 is 0 Å². The van der Waals surface area contributed by atoms with E-state index in [1.807, 2.05) is 67.6 Å². The number of para-hydroxylation sites is 2. The van der Waals surface area contributed by atoms with Gasteiger partial charge in [0.05, 0.1) is 26.8 Å². The van der Waals surface area contributed by atoms with Crippen molar-refractivity contribution >= 4 is 28.3 Å². The predicted molar refractivity (Wildman–Crippen MR) is 116 cm³/mol. The first-order valence-corrected chi connectivity index (χ1v) is 10.4. The lowest BCUT2D eigenvalue weighted by molar-refractivity contribution is 0.0944. The SMILES string of the molecule is CCCn1c(-c2ccc(C(=O)NC(C)c3ccccc3)s2)nc2ccccc21. The molecule has 0 saturated heterocycles. The van der Waals surface area contributed by atoms with Gasteiger partial charge in [-0.05, 0) is 43.2 Å². The minimum absolute atomic E-state index is 0.0380. The van der Waals surface area contributed by atoms with E-state index in [1.165, 1.54) is 11.3 Å². The quantitative estimate of drug-likeness (QED) is 0.462. The summed E-state index contributed by atoms with van der Waals surface area (Å²) in [6.45, 7) is 5.07. The summed E-state index contributed by atoms with van der Waals surface area (Å²) in [5.41, 5.74) is 3.22. The minimum atomic E-state index is -0.0502. The highest BCUT2D eigenvalue weighted by molar-refractivity contribution is 7.17. The average molecular weight is 390 g/mol. The molecule has 0 aliphatic heterocycles. The Morgan fingerprint density at radius 1 is 1.07 bits per heavy atom. The monoisotopic (exact) mass is 389 g/mol. The van der Waals surface area contributed by atoms with Gasteiger partial charge in [0.1, 0.15) is 0 Å². The molecule has 0 radical (unpaired) electrons. The molecule has 0 fully saturated rings. The van der Waals surface area contributed by atoms with E-state index in [0.717, 1.165) is 40.3 Å². The van der Waals surface area contributed by atoms with Crippen molar-refractivity contribution in [3.63, 3.8) is 0 Å². The second-order valence-electron chi connectivity index (χ2n) is 6.85. The van der Waals surface area contributed by atoms with Gasteiger partial charge >= 0.3 is 0 Å². The van der Waals surface area contributed by atoms with Gasteiger partial charge in [-0.15, -0.1) is 11.3 Å². The number of hydrogen-bond donors (Lipinski definition) is 1. The van der Waals surface area contributed by atoms with E-state index in [0.29, 0.717) is 4.88 Å². The molecule has 2 heterocycles. The van der Waals surface area contributed by atoms with Gasteiger partial charge in [-0.25, -0.2) is 4.98 Å². The highest BCUT2D eigenvalue weighted by atomic mass is 32.1. The van der Waals surface area contributed by atoms with Gasteiger partial charge in [0.25, 0.3) is 5.91 Å². The lowest BCUT2D eigenvalue weighted by atomic mass is 10.1. The molecule has 4 aromatic rings. The Balaban J connectivity index is 1.60. The van der Waals surface area contributed by atoms with Crippen molar-refractivity contribution in [3.05, 3.63) is 77.2 Å². The van der Waals surface area contributed by atoms with E-state index in [2.05, 4.69) is 22.9 Å².